The number of nitrogens with zero attached hydrogens (tertiary/aromatic N) is 3. The molecule has 1 aromatic heterocycles. The van der Waals surface area contributed by atoms with Crippen molar-refractivity contribution < 1.29 is 13.2 Å². The first-order valence-corrected chi connectivity index (χ1v) is 11.2. The predicted molar refractivity (Wildman–Crippen MR) is 113 cm³/mol. The number of aromatic nitrogens is 1. The molecule has 3 aromatic rings. The number of ether oxygens (including phenoxy) is 1. The number of hydrogen-bond acceptors (Lipinski definition) is 5. The molecule has 6 nitrogen and oxygen atoms in total. The third kappa shape index (κ3) is 4.18. The van der Waals surface area contributed by atoms with Crippen molar-refractivity contribution in [2.24, 2.45) is 0 Å². The van der Waals surface area contributed by atoms with Gasteiger partial charge < -0.3 is 4.74 Å². The zero-order valence-electron chi connectivity index (χ0n) is 16.4. The molecule has 29 heavy (non-hydrogen) atoms. The minimum Gasteiger partial charge on any atom is -0.375 e. The van der Waals surface area contributed by atoms with Crippen molar-refractivity contribution in [3.05, 3.63) is 72.6 Å². The average molecular weight is 412 g/mol. The van der Waals surface area contributed by atoms with Crippen molar-refractivity contribution in [2.75, 3.05) is 39.8 Å². The molecule has 2 aromatic carbocycles. The molecule has 1 saturated heterocycles. The summed E-state index contributed by atoms with van der Waals surface area (Å²) in [4.78, 5) is 6.71. The Labute approximate surface area is 171 Å². The minimum atomic E-state index is -3.55. The van der Waals surface area contributed by atoms with E-state index in [-0.39, 0.29) is 6.10 Å². The van der Waals surface area contributed by atoms with Gasteiger partial charge in [-0.3, -0.25) is 9.88 Å². The largest absolute Gasteiger partial charge is 0.375 e. The van der Waals surface area contributed by atoms with Crippen LogP contribution in [-0.4, -0.2) is 62.4 Å². The van der Waals surface area contributed by atoms with Gasteiger partial charge in [-0.2, -0.15) is 4.31 Å². The fourth-order valence-corrected chi connectivity index (χ4v) is 5.46. The van der Waals surface area contributed by atoms with Crippen LogP contribution in [0.3, 0.4) is 0 Å². The molecule has 4 rings (SSSR count). The zero-order chi connectivity index (χ0) is 20.3. The van der Waals surface area contributed by atoms with Crippen molar-refractivity contribution in [3.63, 3.8) is 0 Å². The average Bonchev–Trinajstić information content (AvgIpc) is 2.78. The van der Waals surface area contributed by atoms with Gasteiger partial charge in [0.05, 0.1) is 11.0 Å². The van der Waals surface area contributed by atoms with Gasteiger partial charge in [0.15, 0.2) is 0 Å². The van der Waals surface area contributed by atoms with Crippen LogP contribution >= 0.6 is 0 Å². The first kappa shape index (κ1) is 20.0. The lowest BCUT2D eigenvalue weighted by molar-refractivity contribution is 0.0523. The van der Waals surface area contributed by atoms with Crippen LogP contribution in [0.25, 0.3) is 10.8 Å². The molecule has 0 amide bonds. The third-order valence-electron chi connectivity index (χ3n) is 5.47. The number of methoxy groups -OCH3 is 1. The fraction of sp³-hybridized carbons (Fsp3) is 0.318. The second-order valence-corrected chi connectivity index (χ2v) is 9.10. The van der Waals surface area contributed by atoms with E-state index in [4.69, 9.17) is 4.74 Å². The maximum atomic E-state index is 13.3. The van der Waals surface area contributed by atoms with Crippen LogP contribution in [0.1, 0.15) is 11.7 Å². The van der Waals surface area contributed by atoms with Crippen LogP contribution in [0.5, 0.6) is 0 Å². The Bertz CT molecular complexity index is 1060. The highest BCUT2D eigenvalue weighted by Crippen LogP contribution is 2.26. The van der Waals surface area contributed by atoms with Gasteiger partial charge in [0, 0.05) is 63.0 Å². The second-order valence-electron chi connectivity index (χ2n) is 7.19. The van der Waals surface area contributed by atoms with Crippen LogP contribution < -0.4 is 0 Å². The first-order chi connectivity index (χ1) is 14.1. The van der Waals surface area contributed by atoms with Crippen LogP contribution in [-0.2, 0) is 14.8 Å². The number of hydrogen-bond donors (Lipinski definition) is 0. The Morgan fingerprint density at radius 3 is 2.48 bits per heavy atom. The van der Waals surface area contributed by atoms with E-state index in [1.54, 1.807) is 42.0 Å². The number of fused-ring (bicyclic) bond motifs is 1. The van der Waals surface area contributed by atoms with E-state index < -0.39 is 10.0 Å². The van der Waals surface area contributed by atoms with E-state index in [2.05, 4.69) is 22.0 Å². The summed E-state index contributed by atoms with van der Waals surface area (Å²) in [5.41, 5.74) is 1.13. The molecule has 0 aliphatic carbocycles. The standard InChI is InChI=1S/C22H25N3O3S/c1-28-21(18-6-3-2-4-7-18)17-24-12-14-25(15-13-24)29(26,27)22-9-5-8-19-16-23-11-10-20(19)22/h2-11,16,21H,12-15,17H2,1H3. The van der Waals surface area contributed by atoms with Crippen LogP contribution in [0.4, 0.5) is 0 Å². The Morgan fingerprint density at radius 1 is 1.00 bits per heavy atom. The maximum Gasteiger partial charge on any atom is 0.243 e. The lowest BCUT2D eigenvalue weighted by Crippen LogP contribution is -2.49. The zero-order valence-corrected chi connectivity index (χ0v) is 17.3. The SMILES string of the molecule is COC(CN1CCN(S(=O)(=O)c2cccc3cnccc23)CC1)c1ccccc1. The van der Waals surface area contributed by atoms with Crippen LogP contribution in [0, 0.1) is 0 Å². The van der Waals surface area contributed by atoms with Gasteiger partial charge in [0.25, 0.3) is 0 Å². The summed E-state index contributed by atoms with van der Waals surface area (Å²) in [6.07, 6.45) is 3.30. The lowest BCUT2D eigenvalue weighted by atomic mass is 10.1. The molecule has 0 saturated carbocycles. The third-order valence-corrected chi connectivity index (χ3v) is 7.43. The monoisotopic (exact) mass is 411 g/mol. The molecule has 0 bridgehead atoms. The van der Waals surface area contributed by atoms with E-state index in [1.807, 2.05) is 24.3 Å². The molecule has 1 aliphatic heterocycles. The Morgan fingerprint density at radius 2 is 1.76 bits per heavy atom. The van der Waals surface area contributed by atoms with Crippen molar-refractivity contribution in [2.45, 2.75) is 11.0 Å². The number of benzene rings is 2. The maximum absolute atomic E-state index is 13.3. The summed E-state index contributed by atoms with van der Waals surface area (Å²) in [6.45, 7) is 3.04. The van der Waals surface area contributed by atoms with Gasteiger partial charge in [-0.15, -0.1) is 0 Å². The van der Waals surface area contributed by atoms with Gasteiger partial charge in [-0.1, -0.05) is 42.5 Å². The normalized spacial score (nSPS) is 17.4. The molecule has 1 atom stereocenters. The number of pyridine rings is 1. The summed E-state index contributed by atoms with van der Waals surface area (Å²) in [5.74, 6) is 0. The van der Waals surface area contributed by atoms with Gasteiger partial charge in [0.2, 0.25) is 10.0 Å². The molecule has 0 N–H and O–H groups in total. The summed E-state index contributed by atoms with van der Waals surface area (Å²) in [5, 5.41) is 1.55. The highest BCUT2D eigenvalue weighted by atomic mass is 32.2. The molecule has 7 heteroatoms. The van der Waals surface area contributed by atoms with Crippen LogP contribution in [0.15, 0.2) is 71.9 Å². The molecule has 152 valence electrons. The molecule has 1 unspecified atom stereocenters. The Balaban J connectivity index is 1.46. The van der Waals surface area contributed by atoms with Gasteiger partial charge >= 0.3 is 0 Å². The lowest BCUT2D eigenvalue weighted by Gasteiger charge is -2.35. The van der Waals surface area contributed by atoms with E-state index in [1.165, 1.54) is 0 Å². The van der Waals surface area contributed by atoms with E-state index in [0.29, 0.717) is 36.5 Å². The highest BCUT2D eigenvalue weighted by molar-refractivity contribution is 7.89. The van der Waals surface area contributed by atoms with Crippen molar-refractivity contribution in [1.82, 2.24) is 14.2 Å². The molecule has 1 fully saturated rings. The first-order valence-electron chi connectivity index (χ1n) is 9.72. The van der Waals surface area contributed by atoms with Crippen molar-refractivity contribution >= 4 is 20.8 Å². The highest BCUT2D eigenvalue weighted by Gasteiger charge is 2.30. The molecular formula is C22H25N3O3S. The predicted octanol–water partition coefficient (Wildman–Crippen LogP) is 2.93. The molecule has 1 aliphatic rings. The smallest absolute Gasteiger partial charge is 0.243 e. The summed E-state index contributed by atoms with van der Waals surface area (Å²) in [6, 6.07) is 17.2. The number of rotatable bonds is 6. The van der Waals surface area contributed by atoms with E-state index >= 15 is 0 Å². The van der Waals surface area contributed by atoms with Crippen LogP contribution in [0.2, 0.25) is 0 Å². The molecule has 0 spiro atoms. The van der Waals surface area contributed by atoms with E-state index in [9.17, 15) is 8.42 Å². The number of sulfonamides is 1. The molecule has 2 heterocycles. The second kappa shape index (κ2) is 8.59. The fourth-order valence-electron chi connectivity index (χ4n) is 3.83. The number of piperazine rings is 1. The molecular weight excluding hydrogens is 386 g/mol. The topological polar surface area (TPSA) is 62.7 Å². The van der Waals surface area contributed by atoms with Gasteiger partial charge in [-0.25, -0.2) is 8.42 Å². The van der Waals surface area contributed by atoms with Gasteiger partial charge in [0.1, 0.15) is 0 Å². The summed E-state index contributed by atoms with van der Waals surface area (Å²) < 4.78 is 33.8. The summed E-state index contributed by atoms with van der Waals surface area (Å²) in [7, 11) is -1.83. The molecule has 0 radical (unpaired) electrons. The van der Waals surface area contributed by atoms with Crippen molar-refractivity contribution in [1.29, 1.82) is 0 Å². The van der Waals surface area contributed by atoms with E-state index in [0.717, 1.165) is 17.5 Å². The Kier molecular flexibility index (Phi) is 5.91. The van der Waals surface area contributed by atoms with Crippen molar-refractivity contribution in [3.8, 4) is 0 Å². The quantitative estimate of drug-likeness (QED) is 0.624. The van der Waals surface area contributed by atoms with Gasteiger partial charge in [-0.05, 0) is 17.7 Å². The minimum absolute atomic E-state index is 0.0232. The summed E-state index contributed by atoms with van der Waals surface area (Å²) >= 11 is 0. The Hall–Kier alpha value is -2.32.